The summed E-state index contributed by atoms with van der Waals surface area (Å²) in [5.74, 6) is -6.65. The number of oxazole rings is 1. The number of benzene rings is 1. The molecule has 0 atom stereocenters. The Labute approximate surface area is 86.5 Å². The van der Waals surface area contributed by atoms with Crippen molar-refractivity contribution in [1.82, 2.24) is 4.98 Å². The largest absolute Gasteiger partial charge is 0.424 e. The van der Waals surface area contributed by atoms with Gasteiger partial charge in [-0.15, -0.1) is 0 Å². The van der Waals surface area contributed by atoms with Gasteiger partial charge in [-0.3, -0.25) is 0 Å². The van der Waals surface area contributed by atoms with E-state index in [1.807, 2.05) is 0 Å². The molecule has 1 aromatic heterocycles. The Hall–Kier alpha value is -2.05. The van der Waals surface area contributed by atoms with Crippen LogP contribution in [0.15, 0.2) is 16.7 Å². The smallest absolute Gasteiger partial charge is 0.292 e. The van der Waals surface area contributed by atoms with Crippen LogP contribution in [-0.2, 0) is 0 Å². The number of hydrogen-bond donors (Lipinski definition) is 1. The van der Waals surface area contributed by atoms with E-state index < -0.39 is 34.6 Å². The van der Waals surface area contributed by atoms with Gasteiger partial charge in [-0.25, -0.2) is 22.5 Å². The molecular formula is C9H4F4N2O. The van der Waals surface area contributed by atoms with E-state index in [4.69, 9.17) is 5.73 Å². The molecule has 0 spiro atoms. The fourth-order valence-electron chi connectivity index (χ4n) is 1.19. The molecule has 0 aliphatic rings. The van der Waals surface area contributed by atoms with Crippen molar-refractivity contribution in [2.75, 3.05) is 5.73 Å². The molecule has 0 amide bonds. The van der Waals surface area contributed by atoms with Crippen LogP contribution in [0, 0.1) is 23.3 Å². The van der Waals surface area contributed by atoms with Crippen molar-refractivity contribution in [3.63, 3.8) is 0 Å². The second-order valence-corrected chi connectivity index (χ2v) is 2.91. The normalized spacial score (nSPS) is 10.8. The number of anilines is 1. The molecule has 0 aliphatic heterocycles. The number of hydrogen-bond acceptors (Lipinski definition) is 3. The first-order valence-corrected chi connectivity index (χ1v) is 4.05. The van der Waals surface area contributed by atoms with Gasteiger partial charge in [0.25, 0.3) is 6.01 Å². The van der Waals surface area contributed by atoms with Crippen molar-refractivity contribution >= 4 is 6.01 Å². The van der Waals surface area contributed by atoms with E-state index >= 15 is 0 Å². The van der Waals surface area contributed by atoms with E-state index in [0.29, 0.717) is 0 Å². The molecule has 0 bridgehead atoms. The Kier molecular flexibility index (Phi) is 2.30. The molecule has 1 aromatic carbocycles. The molecule has 2 N–H and O–H groups in total. The van der Waals surface area contributed by atoms with Crippen molar-refractivity contribution in [2.45, 2.75) is 0 Å². The highest BCUT2D eigenvalue weighted by molar-refractivity contribution is 5.59. The van der Waals surface area contributed by atoms with E-state index in [1.165, 1.54) is 0 Å². The maximum Gasteiger partial charge on any atom is 0.292 e. The molecule has 3 nitrogen and oxygen atoms in total. The average Bonchev–Trinajstić information content (AvgIpc) is 2.62. The Balaban J connectivity index is 2.73. The van der Waals surface area contributed by atoms with Gasteiger partial charge in [0.1, 0.15) is 0 Å². The van der Waals surface area contributed by atoms with Gasteiger partial charge in [-0.1, -0.05) is 0 Å². The molecule has 0 fully saturated rings. The second kappa shape index (κ2) is 3.51. The fourth-order valence-corrected chi connectivity index (χ4v) is 1.19. The Morgan fingerprint density at radius 3 is 2.06 bits per heavy atom. The standard InChI is InChI=1S/C9H4F4N2O/c10-3-1-4(11)8(13)6(7(3)12)5-2-15-9(14)16-5/h1-2H,(H2,14,15). The molecule has 7 heteroatoms. The number of nitrogen functional groups attached to an aromatic ring is 1. The van der Waals surface area contributed by atoms with E-state index in [2.05, 4.69) is 9.40 Å². The molecule has 0 aliphatic carbocycles. The minimum atomic E-state index is -1.56. The summed E-state index contributed by atoms with van der Waals surface area (Å²) in [7, 11) is 0. The fraction of sp³-hybridized carbons (Fsp3) is 0. The number of nitrogens with two attached hydrogens (primary N) is 1. The van der Waals surface area contributed by atoms with Crippen LogP contribution in [-0.4, -0.2) is 4.98 Å². The quantitative estimate of drug-likeness (QED) is 0.607. The summed E-state index contributed by atoms with van der Waals surface area (Å²) in [5.41, 5.74) is 4.11. The summed E-state index contributed by atoms with van der Waals surface area (Å²) in [6.07, 6.45) is 0.871. The molecule has 84 valence electrons. The molecular weight excluding hydrogens is 228 g/mol. The molecule has 0 unspecified atom stereocenters. The first-order valence-electron chi connectivity index (χ1n) is 4.05. The summed E-state index contributed by atoms with van der Waals surface area (Å²) in [6.45, 7) is 0. The number of halogens is 4. The highest BCUT2D eigenvalue weighted by Crippen LogP contribution is 2.30. The van der Waals surface area contributed by atoms with Crippen molar-refractivity contribution in [2.24, 2.45) is 0 Å². The van der Waals surface area contributed by atoms with Gasteiger partial charge in [0.2, 0.25) is 0 Å². The average molecular weight is 232 g/mol. The van der Waals surface area contributed by atoms with Crippen LogP contribution < -0.4 is 5.73 Å². The van der Waals surface area contributed by atoms with Crippen molar-refractivity contribution < 1.29 is 22.0 Å². The monoisotopic (exact) mass is 232 g/mol. The topological polar surface area (TPSA) is 52.0 Å². The number of aromatic nitrogens is 1. The number of rotatable bonds is 1. The van der Waals surface area contributed by atoms with Crippen LogP contribution in [0.5, 0.6) is 0 Å². The zero-order valence-corrected chi connectivity index (χ0v) is 7.60. The third-order valence-electron chi connectivity index (χ3n) is 1.88. The van der Waals surface area contributed by atoms with Gasteiger partial charge in [0.15, 0.2) is 29.0 Å². The lowest BCUT2D eigenvalue weighted by atomic mass is 10.1. The van der Waals surface area contributed by atoms with Crippen LogP contribution in [0.1, 0.15) is 0 Å². The summed E-state index contributed by atoms with van der Waals surface area (Å²) in [6, 6.07) is -0.257. The van der Waals surface area contributed by atoms with E-state index in [0.717, 1.165) is 6.20 Å². The lowest BCUT2D eigenvalue weighted by Gasteiger charge is -2.03. The van der Waals surface area contributed by atoms with Crippen LogP contribution in [0.4, 0.5) is 23.6 Å². The summed E-state index contributed by atoms with van der Waals surface area (Å²) in [4.78, 5) is 3.37. The predicted octanol–water partition coefficient (Wildman–Crippen LogP) is 2.48. The van der Waals surface area contributed by atoms with Crippen molar-refractivity contribution in [3.8, 4) is 11.3 Å². The van der Waals surface area contributed by atoms with Crippen LogP contribution in [0.25, 0.3) is 11.3 Å². The Morgan fingerprint density at radius 2 is 1.62 bits per heavy atom. The lowest BCUT2D eigenvalue weighted by molar-refractivity contribution is 0.452. The minimum Gasteiger partial charge on any atom is -0.424 e. The molecule has 16 heavy (non-hydrogen) atoms. The summed E-state index contributed by atoms with van der Waals surface area (Å²) >= 11 is 0. The van der Waals surface area contributed by atoms with Crippen molar-refractivity contribution in [1.29, 1.82) is 0 Å². The summed E-state index contributed by atoms with van der Waals surface area (Å²) < 4.78 is 56.7. The zero-order chi connectivity index (χ0) is 11.9. The van der Waals surface area contributed by atoms with Gasteiger partial charge in [-0.2, -0.15) is 0 Å². The molecule has 2 rings (SSSR count). The van der Waals surface area contributed by atoms with Gasteiger partial charge in [0, 0.05) is 6.07 Å². The van der Waals surface area contributed by atoms with Gasteiger partial charge < -0.3 is 10.2 Å². The van der Waals surface area contributed by atoms with Gasteiger partial charge in [0.05, 0.1) is 11.8 Å². The second-order valence-electron chi connectivity index (χ2n) is 2.91. The van der Waals surface area contributed by atoms with Gasteiger partial charge >= 0.3 is 0 Å². The highest BCUT2D eigenvalue weighted by Gasteiger charge is 2.23. The van der Waals surface area contributed by atoms with E-state index in [9.17, 15) is 17.6 Å². The van der Waals surface area contributed by atoms with Crippen LogP contribution >= 0.6 is 0 Å². The summed E-state index contributed by atoms with van der Waals surface area (Å²) in [5, 5.41) is 0. The molecule has 0 saturated carbocycles. The minimum absolute atomic E-state index is 0.105. The molecule has 2 aromatic rings. The third-order valence-corrected chi connectivity index (χ3v) is 1.88. The maximum atomic E-state index is 13.2. The lowest BCUT2D eigenvalue weighted by Crippen LogP contribution is -1.97. The zero-order valence-electron chi connectivity index (χ0n) is 7.60. The van der Waals surface area contributed by atoms with E-state index in [-0.39, 0.29) is 12.1 Å². The maximum absolute atomic E-state index is 13.2. The van der Waals surface area contributed by atoms with Crippen molar-refractivity contribution in [3.05, 3.63) is 35.5 Å². The van der Waals surface area contributed by atoms with Crippen LogP contribution in [0.2, 0.25) is 0 Å². The molecule has 0 radical (unpaired) electrons. The third kappa shape index (κ3) is 1.50. The first kappa shape index (κ1) is 10.5. The van der Waals surface area contributed by atoms with Crippen LogP contribution in [0.3, 0.4) is 0 Å². The Bertz CT molecular complexity index is 526. The molecule has 0 saturated heterocycles. The SMILES string of the molecule is Nc1ncc(-c2c(F)c(F)cc(F)c2F)o1. The molecule has 1 heterocycles. The highest BCUT2D eigenvalue weighted by atomic mass is 19.2. The van der Waals surface area contributed by atoms with Gasteiger partial charge in [-0.05, 0) is 0 Å². The predicted molar refractivity (Wildman–Crippen MR) is 46.2 cm³/mol. The van der Waals surface area contributed by atoms with E-state index in [1.54, 1.807) is 0 Å². The Morgan fingerprint density at radius 1 is 1.06 bits per heavy atom. The number of nitrogens with zero attached hydrogens (tertiary/aromatic N) is 1. The first-order chi connectivity index (χ1) is 7.50.